The van der Waals surface area contributed by atoms with Crippen molar-refractivity contribution in [1.29, 1.82) is 0 Å². The number of hydrogen-bond donors (Lipinski definition) is 1. The monoisotopic (exact) mass is 190 g/mol. The molecular weight excluding hydrogens is 176 g/mol. The molecule has 0 atom stereocenters. The molecule has 74 valence electrons. The van der Waals surface area contributed by atoms with Crippen LogP contribution in [0.5, 0.6) is 5.75 Å². The molecular formula is C11H14N2O. The van der Waals surface area contributed by atoms with Crippen LogP contribution in [0.4, 0.5) is 0 Å². The van der Waals surface area contributed by atoms with Gasteiger partial charge in [0, 0.05) is 31.4 Å². The predicted octanol–water partition coefficient (Wildman–Crippen LogP) is 1.13. The third kappa shape index (κ3) is 2.57. The predicted molar refractivity (Wildman–Crippen MR) is 57.0 cm³/mol. The first-order valence-corrected chi connectivity index (χ1v) is 4.86. The lowest BCUT2D eigenvalue weighted by Gasteiger charge is -1.97. The van der Waals surface area contributed by atoms with Crippen molar-refractivity contribution < 1.29 is 5.11 Å². The summed E-state index contributed by atoms with van der Waals surface area (Å²) in [5.74, 6) is 0.294. The first-order chi connectivity index (χ1) is 6.86. The molecule has 1 aliphatic heterocycles. The summed E-state index contributed by atoms with van der Waals surface area (Å²) >= 11 is 0. The van der Waals surface area contributed by atoms with E-state index in [2.05, 4.69) is 9.89 Å². The van der Waals surface area contributed by atoms with Gasteiger partial charge >= 0.3 is 0 Å². The van der Waals surface area contributed by atoms with E-state index < -0.39 is 0 Å². The molecule has 1 aliphatic rings. The molecule has 0 saturated carbocycles. The lowest BCUT2D eigenvalue weighted by Crippen LogP contribution is -2.02. The molecule has 1 fully saturated rings. The third-order valence-corrected chi connectivity index (χ3v) is 2.25. The molecule has 0 radical (unpaired) electrons. The van der Waals surface area contributed by atoms with E-state index in [1.54, 1.807) is 12.3 Å². The van der Waals surface area contributed by atoms with Crippen molar-refractivity contribution in [3.8, 4) is 5.75 Å². The highest BCUT2D eigenvalue weighted by molar-refractivity contribution is 5.83. The van der Waals surface area contributed by atoms with E-state index in [9.17, 15) is 5.11 Å². The molecule has 0 aliphatic carbocycles. The van der Waals surface area contributed by atoms with E-state index in [0.29, 0.717) is 5.75 Å². The second kappa shape index (κ2) is 4.24. The molecule has 14 heavy (non-hydrogen) atoms. The number of hydrogen-bond acceptors (Lipinski definition) is 3. The van der Waals surface area contributed by atoms with Crippen molar-refractivity contribution >= 4 is 6.21 Å². The Morgan fingerprint density at radius 3 is 2.86 bits per heavy atom. The van der Waals surface area contributed by atoms with E-state index in [4.69, 9.17) is 0 Å². The summed E-state index contributed by atoms with van der Waals surface area (Å²) in [6.45, 7) is 4.27. The van der Waals surface area contributed by atoms with Gasteiger partial charge in [-0.15, -0.1) is 0 Å². The number of phenols is 1. The zero-order valence-electron chi connectivity index (χ0n) is 8.06. The second-order valence-electron chi connectivity index (χ2n) is 3.44. The van der Waals surface area contributed by atoms with Gasteiger partial charge in [-0.25, -0.2) is 0 Å². The summed E-state index contributed by atoms with van der Waals surface area (Å²) in [6.07, 6.45) is 1.73. The Labute approximate surface area is 83.7 Å². The van der Waals surface area contributed by atoms with Gasteiger partial charge in [-0.2, -0.15) is 0 Å². The highest BCUT2D eigenvalue weighted by Gasteiger charge is 2.14. The molecule has 0 aromatic heterocycles. The first-order valence-electron chi connectivity index (χ1n) is 4.86. The molecule has 0 unspecified atom stereocenters. The van der Waals surface area contributed by atoms with E-state index in [0.717, 1.165) is 18.7 Å². The van der Waals surface area contributed by atoms with Crippen LogP contribution in [-0.2, 0) is 0 Å². The number of aromatic hydroxyl groups is 1. The van der Waals surface area contributed by atoms with Crippen molar-refractivity contribution in [3.63, 3.8) is 0 Å². The van der Waals surface area contributed by atoms with Gasteiger partial charge in [0.1, 0.15) is 5.75 Å². The summed E-state index contributed by atoms with van der Waals surface area (Å²) in [4.78, 5) is 6.58. The van der Waals surface area contributed by atoms with Crippen LogP contribution in [0.3, 0.4) is 0 Å². The van der Waals surface area contributed by atoms with E-state index in [1.807, 2.05) is 18.2 Å². The molecule has 1 N–H and O–H groups in total. The molecule has 3 nitrogen and oxygen atoms in total. The van der Waals surface area contributed by atoms with Crippen LogP contribution in [0.25, 0.3) is 0 Å². The standard InChI is InChI=1S/C11H14N2O/c14-11-4-2-1-3-10(11)9-12-5-6-13-7-8-13/h1-4,9,14H,5-8H2. The lowest BCUT2D eigenvalue weighted by atomic mass is 10.2. The zero-order valence-corrected chi connectivity index (χ0v) is 8.06. The van der Waals surface area contributed by atoms with Gasteiger partial charge in [0.2, 0.25) is 0 Å². The molecule has 1 heterocycles. The van der Waals surface area contributed by atoms with Crippen LogP contribution >= 0.6 is 0 Å². The topological polar surface area (TPSA) is 35.6 Å². The summed E-state index contributed by atoms with van der Waals surface area (Å²) in [5, 5.41) is 9.43. The van der Waals surface area contributed by atoms with Crippen molar-refractivity contribution in [2.45, 2.75) is 0 Å². The van der Waals surface area contributed by atoms with Crippen LogP contribution in [0.2, 0.25) is 0 Å². The first kappa shape index (κ1) is 9.21. The zero-order chi connectivity index (χ0) is 9.80. The highest BCUT2D eigenvalue weighted by Crippen LogP contribution is 2.12. The van der Waals surface area contributed by atoms with E-state index >= 15 is 0 Å². The minimum Gasteiger partial charge on any atom is -0.507 e. The minimum absolute atomic E-state index is 0.294. The lowest BCUT2D eigenvalue weighted by molar-refractivity contribution is 0.474. The largest absolute Gasteiger partial charge is 0.507 e. The van der Waals surface area contributed by atoms with Gasteiger partial charge in [0.25, 0.3) is 0 Å². The van der Waals surface area contributed by atoms with Gasteiger partial charge in [-0.05, 0) is 12.1 Å². The van der Waals surface area contributed by atoms with Gasteiger partial charge < -0.3 is 5.11 Å². The molecule has 1 aromatic rings. The van der Waals surface area contributed by atoms with Crippen molar-refractivity contribution in [2.75, 3.05) is 26.2 Å². The molecule has 2 rings (SSSR count). The fraction of sp³-hybridized carbons (Fsp3) is 0.364. The van der Waals surface area contributed by atoms with Crippen molar-refractivity contribution in [3.05, 3.63) is 29.8 Å². The van der Waals surface area contributed by atoms with Gasteiger partial charge in [-0.1, -0.05) is 12.1 Å². The Kier molecular flexibility index (Phi) is 2.79. The Morgan fingerprint density at radius 1 is 1.36 bits per heavy atom. The van der Waals surface area contributed by atoms with Gasteiger partial charge in [0.15, 0.2) is 0 Å². The summed E-state index contributed by atoms with van der Waals surface area (Å²) in [7, 11) is 0. The minimum atomic E-state index is 0.294. The maximum atomic E-state index is 9.43. The Balaban J connectivity index is 1.85. The number of phenolic OH excluding ortho intramolecular Hbond substituents is 1. The fourth-order valence-electron chi connectivity index (χ4n) is 1.25. The van der Waals surface area contributed by atoms with E-state index in [-0.39, 0.29) is 0 Å². The number of benzene rings is 1. The highest BCUT2D eigenvalue weighted by atomic mass is 16.3. The number of nitrogens with zero attached hydrogens (tertiary/aromatic N) is 2. The average Bonchev–Trinajstić information content (AvgIpc) is 2.99. The molecule has 0 bridgehead atoms. The summed E-state index contributed by atoms with van der Waals surface area (Å²) in [6, 6.07) is 7.23. The normalized spacial score (nSPS) is 16.3. The van der Waals surface area contributed by atoms with Crippen LogP contribution in [0.15, 0.2) is 29.3 Å². The van der Waals surface area contributed by atoms with Crippen molar-refractivity contribution in [2.24, 2.45) is 4.99 Å². The van der Waals surface area contributed by atoms with Gasteiger partial charge in [0.05, 0.1) is 6.54 Å². The number of aliphatic imine (C=N–C) groups is 1. The number of rotatable bonds is 4. The maximum absolute atomic E-state index is 9.43. The average molecular weight is 190 g/mol. The smallest absolute Gasteiger partial charge is 0.124 e. The SMILES string of the molecule is Oc1ccccc1C=NCCN1CC1. The molecule has 1 aromatic carbocycles. The Bertz CT molecular complexity index is 332. The number of para-hydroxylation sites is 1. The summed E-state index contributed by atoms with van der Waals surface area (Å²) in [5.41, 5.74) is 0.790. The van der Waals surface area contributed by atoms with Gasteiger partial charge in [-0.3, -0.25) is 9.89 Å². The van der Waals surface area contributed by atoms with Crippen LogP contribution in [-0.4, -0.2) is 42.4 Å². The second-order valence-corrected chi connectivity index (χ2v) is 3.44. The summed E-state index contributed by atoms with van der Waals surface area (Å²) < 4.78 is 0. The quantitative estimate of drug-likeness (QED) is 0.570. The maximum Gasteiger partial charge on any atom is 0.124 e. The van der Waals surface area contributed by atoms with Crippen LogP contribution in [0, 0.1) is 0 Å². The third-order valence-electron chi connectivity index (χ3n) is 2.25. The van der Waals surface area contributed by atoms with Crippen molar-refractivity contribution in [1.82, 2.24) is 4.90 Å². The molecule has 1 saturated heterocycles. The Hall–Kier alpha value is -1.35. The molecule has 0 amide bonds. The van der Waals surface area contributed by atoms with Crippen LogP contribution in [0.1, 0.15) is 5.56 Å². The van der Waals surface area contributed by atoms with Crippen LogP contribution < -0.4 is 0 Å². The molecule has 0 spiro atoms. The fourth-order valence-corrected chi connectivity index (χ4v) is 1.25. The van der Waals surface area contributed by atoms with E-state index in [1.165, 1.54) is 13.1 Å². The Morgan fingerprint density at radius 2 is 2.14 bits per heavy atom. The molecule has 3 heteroatoms.